The van der Waals surface area contributed by atoms with E-state index in [4.69, 9.17) is 10.3 Å². The summed E-state index contributed by atoms with van der Waals surface area (Å²) in [4.78, 5) is 25.6. The number of carbonyl (C=O) groups is 1. The highest BCUT2D eigenvalue weighted by atomic mass is 16.9. The number of pyridine rings is 1. The van der Waals surface area contributed by atoms with E-state index < -0.39 is 5.09 Å². The van der Waals surface area contributed by atoms with E-state index in [1.807, 2.05) is 0 Å². The third kappa shape index (κ3) is 4.43. The van der Waals surface area contributed by atoms with Crippen LogP contribution in [0.4, 0.5) is 0 Å². The lowest BCUT2D eigenvalue weighted by Gasteiger charge is -2.01. The van der Waals surface area contributed by atoms with Crippen LogP contribution >= 0.6 is 0 Å². The summed E-state index contributed by atoms with van der Waals surface area (Å²) in [6.07, 6.45) is 3.09. The topological polar surface area (TPSA) is 103 Å². The molecular formula is C9H13N3O5+2. The Morgan fingerprint density at radius 3 is 3.00 bits per heavy atom. The predicted octanol–water partition coefficient (Wildman–Crippen LogP) is -1.25. The van der Waals surface area contributed by atoms with Crippen LogP contribution in [0.5, 0.6) is 0 Å². The summed E-state index contributed by atoms with van der Waals surface area (Å²) in [6, 6.07) is 3.20. The maximum absolute atomic E-state index is 11.5. The van der Waals surface area contributed by atoms with Crippen molar-refractivity contribution in [2.45, 2.75) is 6.73 Å². The molecule has 1 amide bonds. The molecule has 0 aliphatic carbocycles. The Kier molecular flexibility index (Phi) is 4.82. The molecule has 0 atom stereocenters. The van der Waals surface area contributed by atoms with Crippen molar-refractivity contribution in [3.63, 3.8) is 0 Å². The first-order chi connectivity index (χ1) is 8.13. The Bertz CT molecular complexity index is 409. The number of amides is 1. The Labute approximate surface area is 96.5 Å². The van der Waals surface area contributed by atoms with Gasteiger partial charge in [0.25, 0.3) is 5.91 Å². The summed E-state index contributed by atoms with van der Waals surface area (Å²) in [7, 11) is 0. The van der Waals surface area contributed by atoms with Crippen molar-refractivity contribution in [1.29, 1.82) is 0 Å². The van der Waals surface area contributed by atoms with Gasteiger partial charge >= 0.3 is 5.09 Å². The van der Waals surface area contributed by atoms with E-state index in [1.54, 1.807) is 18.3 Å². The molecular weight excluding hydrogens is 230 g/mol. The molecule has 0 fully saturated rings. The molecule has 0 saturated carbocycles. The summed E-state index contributed by atoms with van der Waals surface area (Å²) in [5, 5.41) is 18.8. The van der Waals surface area contributed by atoms with Crippen LogP contribution in [0.3, 0.4) is 0 Å². The Morgan fingerprint density at radius 2 is 2.35 bits per heavy atom. The van der Waals surface area contributed by atoms with E-state index >= 15 is 0 Å². The van der Waals surface area contributed by atoms with Crippen LogP contribution < -0.4 is 9.88 Å². The van der Waals surface area contributed by atoms with Crippen molar-refractivity contribution in [3.05, 3.63) is 35.0 Å². The fourth-order valence-electron chi connectivity index (χ4n) is 1.13. The number of rotatable bonds is 6. The van der Waals surface area contributed by atoms with Crippen LogP contribution in [0.25, 0.3) is 0 Å². The second kappa shape index (κ2) is 6.38. The number of nitrogens with zero attached hydrogens (tertiary/aromatic N) is 2. The zero-order valence-electron chi connectivity index (χ0n) is 8.94. The highest BCUT2D eigenvalue weighted by molar-refractivity contribution is 5.93. The Balaban J connectivity index is 2.43. The van der Waals surface area contributed by atoms with Crippen LogP contribution in [0.1, 0.15) is 10.4 Å². The van der Waals surface area contributed by atoms with Crippen molar-refractivity contribution in [2.75, 3.05) is 13.2 Å². The molecule has 8 nitrogen and oxygen atoms in total. The van der Waals surface area contributed by atoms with Gasteiger partial charge in [0.2, 0.25) is 6.73 Å². The first-order valence-corrected chi connectivity index (χ1v) is 4.80. The van der Waals surface area contributed by atoms with Gasteiger partial charge in [-0.15, -0.1) is 0 Å². The Morgan fingerprint density at radius 1 is 1.59 bits per heavy atom. The highest BCUT2D eigenvalue weighted by Gasteiger charge is 2.10. The second-order valence-electron chi connectivity index (χ2n) is 3.08. The van der Waals surface area contributed by atoms with Gasteiger partial charge < -0.3 is 10.4 Å². The Hall–Kier alpha value is -2.22. The van der Waals surface area contributed by atoms with E-state index in [0.717, 1.165) is 0 Å². The summed E-state index contributed by atoms with van der Waals surface area (Å²) in [5.41, 5.74) is 0.365. The highest BCUT2D eigenvalue weighted by Crippen LogP contribution is 1.93. The summed E-state index contributed by atoms with van der Waals surface area (Å²) < 4.78 is 1.43. The van der Waals surface area contributed by atoms with Crippen molar-refractivity contribution in [3.8, 4) is 0 Å². The molecule has 0 spiro atoms. The first kappa shape index (κ1) is 12.8. The van der Waals surface area contributed by atoms with Crippen molar-refractivity contribution in [1.82, 2.24) is 5.32 Å². The third-order valence-corrected chi connectivity index (χ3v) is 1.87. The minimum atomic E-state index is -0.672. The normalized spacial score (nSPS) is 9.71. The number of hydrogen-bond acceptors (Lipinski definition) is 4. The lowest BCUT2D eigenvalue weighted by Crippen LogP contribution is -2.35. The van der Waals surface area contributed by atoms with Crippen LogP contribution in [-0.2, 0) is 11.6 Å². The van der Waals surface area contributed by atoms with Gasteiger partial charge in [0.05, 0.1) is 6.54 Å². The average Bonchev–Trinajstić information content (AvgIpc) is 2.34. The molecule has 0 unspecified atom stereocenters. The van der Waals surface area contributed by atoms with E-state index in [0.29, 0.717) is 5.56 Å². The van der Waals surface area contributed by atoms with Crippen LogP contribution in [-0.4, -0.2) is 34.5 Å². The van der Waals surface area contributed by atoms with E-state index in [2.05, 4.69) is 10.2 Å². The lowest BCUT2D eigenvalue weighted by atomic mass is 10.2. The molecule has 92 valence electrons. The lowest BCUT2D eigenvalue weighted by molar-refractivity contribution is -0.975. The van der Waals surface area contributed by atoms with Crippen molar-refractivity contribution >= 4 is 5.91 Å². The van der Waals surface area contributed by atoms with Crippen LogP contribution in [0, 0.1) is 4.91 Å². The van der Waals surface area contributed by atoms with Gasteiger partial charge in [0.15, 0.2) is 19.0 Å². The van der Waals surface area contributed by atoms with Crippen LogP contribution in [0.2, 0.25) is 0 Å². The molecule has 0 saturated heterocycles. The molecule has 1 heterocycles. The van der Waals surface area contributed by atoms with E-state index in [1.165, 1.54) is 10.8 Å². The smallest absolute Gasteiger partial charge is 0.348 e. The standard InChI is InChI=1S/C9H12N3O5/c13-7-11-4-1-2-8(6-11)9(14)10-3-5-17-12(15)16/h1-2,4,6,13H,3,5,7H2,(H-,10,14,15,16)/q+1/p+1. The SMILES string of the molecule is O=C(NCCO[N+](=O)O)c1ccc[n+](CO)c1. The molecule has 0 aromatic carbocycles. The van der Waals surface area contributed by atoms with Crippen molar-refractivity contribution < 1.29 is 29.6 Å². The zero-order chi connectivity index (χ0) is 12.7. The molecule has 17 heavy (non-hydrogen) atoms. The molecule has 8 heteroatoms. The van der Waals surface area contributed by atoms with Gasteiger partial charge in [-0.25, -0.2) is 5.21 Å². The summed E-state index contributed by atoms with van der Waals surface area (Å²) >= 11 is 0. The number of aromatic nitrogens is 1. The fraction of sp³-hybridized carbons (Fsp3) is 0.333. The average molecular weight is 243 g/mol. The molecule has 0 aliphatic rings. The summed E-state index contributed by atoms with van der Waals surface area (Å²) in [5.74, 6) is -0.369. The largest absolute Gasteiger partial charge is 0.475 e. The first-order valence-electron chi connectivity index (χ1n) is 4.80. The van der Waals surface area contributed by atoms with Gasteiger partial charge in [0, 0.05) is 6.07 Å². The van der Waals surface area contributed by atoms with Crippen LogP contribution in [0.15, 0.2) is 24.5 Å². The second-order valence-corrected chi connectivity index (χ2v) is 3.08. The quantitative estimate of drug-likeness (QED) is 0.329. The number of aliphatic hydroxyl groups is 1. The van der Waals surface area contributed by atoms with Gasteiger partial charge in [0.1, 0.15) is 10.5 Å². The molecule has 0 aliphatic heterocycles. The zero-order valence-corrected chi connectivity index (χ0v) is 8.94. The van der Waals surface area contributed by atoms with Gasteiger partial charge in [-0.1, -0.05) is 0 Å². The minimum Gasteiger partial charge on any atom is -0.348 e. The number of aliphatic hydroxyl groups excluding tert-OH is 1. The van der Waals surface area contributed by atoms with Gasteiger partial charge in [-0.3, -0.25) is 4.79 Å². The number of carbonyl (C=O) groups excluding carboxylic acids is 1. The third-order valence-electron chi connectivity index (χ3n) is 1.87. The van der Waals surface area contributed by atoms with E-state index in [9.17, 15) is 9.70 Å². The molecule has 1 aromatic rings. The maximum atomic E-state index is 11.5. The van der Waals surface area contributed by atoms with Gasteiger partial charge in [-0.2, -0.15) is 9.40 Å². The maximum Gasteiger partial charge on any atom is 0.475 e. The predicted molar refractivity (Wildman–Crippen MR) is 52.6 cm³/mol. The summed E-state index contributed by atoms with van der Waals surface area (Å²) in [6.45, 7) is -0.287. The molecule has 0 bridgehead atoms. The molecule has 0 radical (unpaired) electrons. The molecule has 3 N–H and O–H groups in total. The van der Waals surface area contributed by atoms with E-state index in [-0.39, 0.29) is 25.8 Å². The minimum absolute atomic E-state index is 0.0755. The molecule has 1 rings (SSSR count). The monoisotopic (exact) mass is 243 g/mol. The fourth-order valence-corrected chi connectivity index (χ4v) is 1.13. The number of hydrogen-bond donors (Lipinski definition) is 3. The number of nitrogens with one attached hydrogen (secondary N) is 1. The van der Waals surface area contributed by atoms with Gasteiger partial charge in [-0.05, 0) is 6.07 Å². The molecule has 1 aromatic heterocycles. The van der Waals surface area contributed by atoms with Crippen molar-refractivity contribution in [2.24, 2.45) is 0 Å².